The number of aliphatic carboxylic acids is 1. The molecule has 1 saturated carbocycles. The Morgan fingerprint density at radius 3 is 2.85 bits per heavy atom. The van der Waals surface area contributed by atoms with Crippen LogP contribution in [-0.2, 0) is 4.79 Å². The van der Waals surface area contributed by atoms with Gasteiger partial charge in [-0.2, -0.15) is 0 Å². The summed E-state index contributed by atoms with van der Waals surface area (Å²) in [6.45, 7) is 4.55. The van der Waals surface area contributed by atoms with Crippen LogP contribution in [0.1, 0.15) is 39.5 Å². The molecule has 2 rings (SSSR count). The second kappa shape index (κ2) is 6.04. The molecule has 1 atom stereocenters. The lowest BCUT2D eigenvalue weighted by atomic mass is 9.74. The van der Waals surface area contributed by atoms with Crippen LogP contribution >= 0.6 is 11.6 Å². The van der Waals surface area contributed by atoms with Gasteiger partial charge in [-0.15, -0.1) is 0 Å². The zero-order valence-corrected chi connectivity index (χ0v) is 12.9. The third-order valence-corrected chi connectivity index (χ3v) is 4.30. The Labute approximate surface area is 125 Å². The monoisotopic (exact) mass is 295 g/mol. The Morgan fingerprint density at radius 2 is 2.25 bits per heavy atom. The van der Waals surface area contributed by atoms with E-state index in [0.29, 0.717) is 5.02 Å². The summed E-state index contributed by atoms with van der Waals surface area (Å²) in [7, 11) is 0. The van der Waals surface area contributed by atoms with Crippen molar-refractivity contribution in [2.24, 2.45) is 5.41 Å². The van der Waals surface area contributed by atoms with Crippen LogP contribution < -0.4 is 4.90 Å². The Balaban J connectivity index is 2.25. The molecule has 1 aliphatic rings. The van der Waals surface area contributed by atoms with E-state index in [1.165, 1.54) is 6.42 Å². The third-order valence-electron chi connectivity index (χ3n) is 4.07. The van der Waals surface area contributed by atoms with Crippen molar-refractivity contribution in [1.82, 2.24) is 0 Å². The molecule has 0 spiro atoms. The normalized spacial score (nSPS) is 21.4. The fourth-order valence-corrected chi connectivity index (χ4v) is 3.34. The summed E-state index contributed by atoms with van der Waals surface area (Å²) in [5.41, 5.74) is 1.18. The zero-order valence-electron chi connectivity index (χ0n) is 12.1. The summed E-state index contributed by atoms with van der Waals surface area (Å²) in [6.07, 6.45) is 4.42. The molecule has 3 nitrogen and oxygen atoms in total. The fourth-order valence-electron chi connectivity index (χ4n) is 3.16. The van der Waals surface area contributed by atoms with Gasteiger partial charge in [0.25, 0.3) is 0 Å². The number of hydrogen-bond acceptors (Lipinski definition) is 2. The van der Waals surface area contributed by atoms with Crippen molar-refractivity contribution >= 4 is 23.3 Å². The first-order valence-corrected chi connectivity index (χ1v) is 7.49. The number of nitrogens with zero attached hydrogens (tertiary/aromatic N) is 1. The molecular formula is C16H22ClNO2. The highest BCUT2D eigenvalue weighted by atomic mass is 35.5. The predicted octanol–water partition coefficient (Wildman–Crippen LogP) is 4.20. The van der Waals surface area contributed by atoms with Gasteiger partial charge in [-0.3, -0.25) is 4.79 Å². The standard InChI is InChI=1S/C16H22ClNO2/c1-16(2)8-4-7-14(10-16)18(11-15(19)20)13-6-3-5-12(17)9-13/h3,5-6,9,14H,4,7-8,10-11H2,1-2H3,(H,19,20). The summed E-state index contributed by atoms with van der Waals surface area (Å²) in [5.74, 6) is -0.798. The molecule has 1 aromatic rings. The first-order valence-electron chi connectivity index (χ1n) is 7.11. The largest absolute Gasteiger partial charge is 0.480 e. The highest BCUT2D eigenvalue weighted by Gasteiger charge is 2.32. The second-order valence-electron chi connectivity index (χ2n) is 6.42. The molecule has 0 aliphatic heterocycles. The van der Waals surface area contributed by atoms with Crippen LogP contribution in [0.15, 0.2) is 24.3 Å². The topological polar surface area (TPSA) is 40.5 Å². The Morgan fingerprint density at radius 1 is 1.50 bits per heavy atom. The maximum absolute atomic E-state index is 11.2. The molecule has 0 bridgehead atoms. The van der Waals surface area contributed by atoms with Crippen LogP contribution in [0.4, 0.5) is 5.69 Å². The van der Waals surface area contributed by atoms with Crippen LogP contribution in [0.5, 0.6) is 0 Å². The average Bonchev–Trinajstić information content (AvgIpc) is 2.34. The lowest BCUT2D eigenvalue weighted by Gasteiger charge is -2.41. The number of hydrogen-bond donors (Lipinski definition) is 1. The van der Waals surface area contributed by atoms with Gasteiger partial charge < -0.3 is 10.0 Å². The zero-order chi connectivity index (χ0) is 14.8. The summed E-state index contributed by atoms with van der Waals surface area (Å²) in [6, 6.07) is 7.76. The Bertz CT molecular complexity index is 487. The van der Waals surface area contributed by atoms with E-state index < -0.39 is 5.97 Å². The van der Waals surface area contributed by atoms with Gasteiger partial charge in [-0.1, -0.05) is 37.9 Å². The SMILES string of the molecule is CC1(C)CCCC(N(CC(=O)O)c2cccc(Cl)c2)C1. The van der Waals surface area contributed by atoms with E-state index in [1.54, 1.807) is 0 Å². The van der Waals surface area contributed by atoms with Gasteiger partial charge in [0.15, 0.2) is 0 Å². The fraction of sp³-hybridized carbons (Fsp3) is 0.562. The van der Waals surface area contributed by atoms with Crippen molar-refractivity contribution in [3.63, 3.8) is 0 Å². The minimum Gasteiger partial charge on any atom is -0.480 e. The molecular weight excluding hydrogens is 274 g/mol. The molecule has 1 fully saturated rings. The maximum Gasteiger partial charge on any atom is 0.323 e. The molecule has 0 amide bonds. The lowest BCUT2D eigenvalue weighted by molar-refractivity contribution is -0.135. The molecule has 0 saturated heterocycles. The number of anilines is 1. The first-order chi connectivity index (χ1) is 9.37. The predicted molar refractivity (Wildman–Crippen MR) is 82.5 cm³/mol. The van der Waals surface area contributed by atoms with Crippen molar-refractivity contribution < 1.29 is 9.90 Å². The Hall–Kier alpha value is -1.22. The van der Waals surface area contributed by atoms with Gasteiger partial charge in [0.1, 0.15) is 6.54 Å². The maximum atomic E-state index is 11.2. The average molecular weight is 296 g/mol. The van der Waals surface area contributed by atoms with E-state index in [1.807, 2.05) is 29.2 Å². The lowest BCUT2D eigenvalue weighted by Crippen LogP contribution is -2.43. The summed E-state index contributed by atoms with van der Waals surface area (Å²) >= 11 is 6.05. The first kappa shape index (κ1) is 15.2. The molecule has 110 valence electrons. The van der Waals surface area contributed by atoms with Crippen LogP contribution in [0.25, 0.3) is 0 Å². The quantitative estimate of drug-likeness (QED) is 0.905. The Kier molecular flexibility index (Phi) is 4.59. The molecule has 1 N–H and O–H groups in total. The molecule has 4 heteroatoms. The molecule has 0 heterocycles. The van der Waals surface area contributed by atoms with E-state index in [9.17, 15) is 9.90 Å². The van der Waals surface area contributed by atoms with Crippen LogP contribution in [0, 0.1) is 5.41 Å². The van der Waals surface area contributed by atoms with Crippen molar-refractivity contribution in [2.75, 3.05) is 11.4 Å². The highest BCUT2D eigenvalue weighted by molar-refractivity contribution is 6.30. The molecule has 1 unspecified atom stereocenters. The minimum atomic E-state index is -0.798. The minimum absolute atomic E-state index is 0.0289. The molecule has 0 radical (unpaired) electrons. The third kappa shape index (κ3) is 3.89. The smallest absolute Gasteiger partial charge is 0.323 e. The van der Waals surface area contributed by atoms with Crippen molar-refractivity contribution in [2.45, 2.75) is 45.6 Å². The van der Waals surface area contributed by atoms with Crippen molar-refractivity contribution in [1.29, 1.82) is 0 Å². The second-order valence-corrected chi connectivity index (χ2v) is 6.85. The number of benzene rings is 1. The molecule has 1 aromatic carbocycles. The van der Waals surface area contributed by atoms with Crippen LogP contribution in [0.3, 0.4) is 0 Å². The highest BCUT2D eigenvalue weighted by Crippen LogP contribution is 2.38. The van der Waals surface area contributed by atoms with E-state index in [0.717, 1.165) is 24.9 Å². The molecule has 0 aromatic heterocycles. The van der Waals surface area contributed by atoms with E-state index in [-0.39, 0.29) is 18.0 Å². The van der Waals surface area contributed by atoms with Gasteiger partial charge in [-0.25, -0.2) is 0 Å². The van der Waals surface area contributed by atoms with E-state index in [2.05, 4.69) is 13.8 Å². The number of carbonyl (C=O) groups is 1. The van der Waals surface area contributed by atoms with Crippen molar-refractivity contribution in [3.8, 4) is 0 Å². The van der Waals surface area contributed by atoms with Crippen LogP contribution in [-0.4, -0.2) is 23.7 Å². The number of carboxylic acids is 1. The molecule has 20 heavy (non-hydrogen) atoms. The van der Waals surface area contributed by atoms with Gasteiger partial charge in [0.2, 0.25) is 0 Å². The van der Waals surface area contributed by atoms with Crippen molar-refractivity contribution in [3.05, 3.63) is 29.3 Å². The number of carboxylic acid groups (broad SMARTS) is 1. The van der Waals surface area contributed by atoms with E-state index >= 15 is 0 Å². The summed E-state index contributed by atoms with van der Waals surface area (Å²) in [4.78, 5) is 13.2. The van der Waals surface area contributed by atoms with Gasteiger partial charge in [-0.05, 0) is 42.9 Å². The van der Waals surface area contributed by atoms with Crippen LogP contribution in [0.2, 0.25) is 5.02 Å². The van der Waals surface area contributed by atoms with Gasteiger partial charge >= 0.3 is 5.97 Å². The number of rotatable bonds is 4. The number of halogens is 1. The summed E-state index contributed by atoms with van der Waals surface area (Å²) < 4.78 is 0. The van der Waals surface area contributed by atoms with E-state index in [4.69, 9.17) is 11.6 Å². The van der Waals surface area contributed by atoms with Gasteiger partial charge in [0.05, 0.1) is 0 Å². The summed E-state index contributed by atoms with van der Waals surface area (Å²) in [5, 5.41) is 9.85. The molecule has 1 aliphatic carbocycles. The van der Waals surface area contributed by atoms with Gasteiger partial charge in [0, 0.05) is 16.8 Å².